The maximum Gasteiger partial charge on any atom is 0.203 e. The lowest BCUT2D eigenvalue weighted by Gasteiger charge is -2.15. The van der Waals surface area contributed by atoms with E-state index in [0.29, 0.717) is 45.8 Å². The fourth-order valence-electron chi connectivity index (χ4n) is 3.75. The molecule has 3 aromatic rings. The Morgan fingerprint density at radius 3 is 1.92 bits per heavy atom. The molecule has 0 atom stereocenters. The molecular weight excluding hydrogens is 480 g/mol. The van der Waals surface area contributed by atoms with Gasteiger partial charge in [0, 0.05) is 16.1 Å². The van der Waals surface area contributed by atoms with Gasteiger partial charge in [-0.25, -0.2) is 0 Å². The predicted octanol–water partition coefficient (Wildman–Crippen LogP) is 6.54. The van der Waals surface area contributed by atoms with Crippen molar-refractivity contribution in [3.63, 3.8) is 0 Å². The van der Waals surface area contributed by atoms with Gasteiger partial charge in [-0.2, -0.15) is 0 Å². The second-order valence-electron chi connectivity index (χ2n) is 7.64. The molecule has 0 saturated heterocycles. The highest BCUT2D eigenvalue weighted by Crippen LogP contribution is 2.39. The summed E-state index contributed by atoms with van der Waals surface area (Å²) in [4.78, 5) is 12.6. The lowest BCUT2D eigenvalue weighted by Crippen LogP contribution is -1.99. The molecule has 0 heterocycles. The van der Waals surface area contributed by atoms with Crippen LogP contribution in [-0.4, -0.2) is 41.3 Å². The second-order valence-corrected chi connectivity index (χ2v) is 8.07. The third-order valence-electron chi connectivity index (χ3n) is 5.55. The first-order valence-electron chi connectivity index (χ1n) is 11.1. The Labute approximate surface area is 216 Å². The normalized spacial score (nSPS) is 11.1. The molecule has 0 fully saturated rings. The Kier molecular flexibility index (Phi) is 9.42. The maximum absolute atomic E-state index is 12.6. The molecule has 188 valence electrons. The summed E-state index contributed by atoms with van der Waals surface area (Å²) in [6.45, 7) is 0. The average molecular weight is 509 g/mol. The number of ketones is 1. The smallest absolute Gasteiger partial charge is 0.203 e. The monoisotopic (exact) mass is 508 g/mol. The standard InChI is InChI=1S/C29H29ClO6/c1-32-25-16-13-20(10-9-19-17-26(33-2)29(36-5)27(18-19)34-3)23(28(25)35-4)7-6-8-24(31)21-11-14-22(30)15-12-21/h6,8-18H,7H2,1-5H3/b8-6-,10-9-. The average Bonchev–Trinajstić information content (AvgIpc) is 2.91. The maximum atomic E-state index is 12.6. The van der Waals surface area contributed by atoms with Crippen molar-refractivity contribution in [3.8, 4) is 28.7 Å². The Morgan fingerprint density at radius 1 is 0.750 bits per heavy atom. The number of carbonyl (C=O) groups excluding carboxylic acids is 1. The molecular formula is C29H29ClO6. The summed E-state index contributed by atoms with van der Waals surface area (Å²) < 4.78 is 27.5. The lowest BCUT2D eigenvalue weighted by atomic mass is 10.00. The number of carbonyl (C=O) groups is 1. The lowest BCUT2D eigenvalue weighted by molar-refractivity contribution is 0.104. The first kappa shape index (κ1) is 26.7. The van der Waals surface area contributed by atoms with Crippen LogP contribution in [0.4, 0.5) is 0 Å². The van der Waals surface area contributed by atoms with Crippen LogP contribution in [0, 0.1) is 0 Å². The van der Waals surface area contributed by atoms with Gasteiger partial charge in [0.05, 0.1) is 35.5 Å². The summed E-state index contributed by atoms with van der Waals surface area (Å²) in [6, 6.07) is 14.3. The van der Waals surface area contributed by atoms with Gasteiger partial charge in [0.1, 0.15) is 0 Å². The number of hydrogen-bond donors (Lipinski definition) is 0. The van der Waals surface area contributed by atoms with Crippen LogP contribution in [0.2, 0.25) is 5.02 Å². The number of hydrogen-bond acceptors (Lipinski definition) is 6. The van der Waals surface area contributed by atoms with Crippen molar-refractivity contribution in [1.29, 1.82) is 0 Å². The summed E-state index contributed by atoms with van der Waals surface area (Å²) in [5.74, 6) is 2.76. The first-order chi connectivity index (χ1) is 17.4. The summed E-state index contributed by atoms with van der Waals surface area (Å²) in [6.07, 6.45) is 7.72. The van der Waals surface area contributed by atoms with Gasteiger partial charge >= 0.3 is 0 Å². The second kappa shape index (κ2) is 12.7. The number of methoxy groups -OCH3 is 5. The van der Waals surface area contributed by atoms with Crippen molar-refractivity contribution in [2.24, 2.45) is 0 Å². The van der Waals surface area contributed by atoms with E-state index in [1.807, 2.05) is 42.5 Å². The van der Waals surface area contributed by atoms with Crippen LogP contribution < -0.4 is 23.7 Å². The molecule has 0 N–H and O–H groups in total. The van der Waals surface area contributed by atoms with Crippen LogP contribution in [-0.2, 0) is 6.42 Å². The Morgan fingerprint density at radius 2 is 1.36 bits per heavy atom. The molecule has 6 nitrogen and oxygen atoms in total. The van der Waals surface area contributed by atoms with E-state index in [1.54, 1.807) is 65.9 Å². The molecule has 0 aromatic heterocycles. The van der Waals surface area contributed by atoms with E-state index < -0.39 is 0 Å². The molecule has 0 spiro atoms. The van der Waals surface area contributed by atoms with Gasteiger partial charge in [0.25, 0.3) is 0 Å². The zero-order valence-electron chi connectivity index (χ0n) is 21.0. The Bertz CT molecular complexity index is 1240. The van der Waals surface area contributed by atoms with Crippen LogP contribution in [0.5, 0.6) is 28.7 Å². The van der Waals surface area contributed by atoms with Crippen molar-refractivity contribution in [2.75, 3.05) is 35.5 Å². The predicted molar refractivity (Wildman–Crippen MR) is 143 cm³/mol. The third kappa shape index (κ3) is 6.20. The SMILES string of the molecule is COc1cc(/C=C\c2ccc(OC)c(OC)c2C/C=C\C(=O)c2ccc(Cl)cc2)cc(OC)c1OC. The van der Waals surface area contributed by atoms with Crippen molar-refractivity contribution < 1.29 is 28.5 Å². The van der Waals surface area contributed by atoms with Gasteiger partial charge in [-0.15, -0.1) is 0 Å². The zero-order valence-corrected chi connectivity index (χ0v) is 21.7. The van der Waals surface area contributed by atoms with Crippen LogP contribution in [0.3, 0.4) is 0 Å². The van der Waals surface area contributed by atoms with Gasteiger partial charge in [-0.1, -0.05) is 35.9 Å². The number of halogens is 1. The number of allylic oxidation sites excluding steroid dienone is 2. The molecule has 0 aliphatic carbocycles. The van der Waals surface area contributed by atoms with E-state index in [0.717, 1.165) is 16.7 Å². The highest BCUT2D eigenvalue weighted by Gasteiger charge is 2.15. The van der Waals surface area contributed by atoms with E-state index in [2.05, 4.69) is 0 Å². The molecule has 0 unspecified atom stereocenters. The number of rotatable bonds is 11. The van der Waals surface area contributed by atoms with Crippen LogP contribution in [0.25, 0.3) is 12.2 Å². The fraction of sp³-hybridized carbons (Fsp3) is 0.207. The van der Waals surface area contributed by atoms with Crippen molar-refractivity contribution in [1.82, 2.24) is 0 Å². The van der Waals surface area contributed by atoms with Crippen LogP contribution in [0.1, 0.15) is 27.0 Å². The zero-order chi connectivity index (χ0) is 26.1. The van der Waals surface area contributed by atoms with E-state index in [1.165, 1.54) is 0 Å². The molecule has 7 heteroatoms. The molecule has 36 heavy (non-hydrogen) atoms. The van der Waals surface area contributed by atoms with E-state index in [4.69, 9.17) is 35.3 Å². The van der Waals surface area contributed by atoms with E-state index in [9.17, 15) is 4.79 Å². The van der Waals surface area contributed by atoms with Crippen molar-refractivity contribution in [2.45, 2.75) is 6.42 Å². The van der Waals surface area contributed by atoms with Gasteiger partial charge < -0.3 is 23.7 Å². The molecule has 0 bridgehead atoms. The summed E-state index contributed by atoms with van der Waals surface area (Å²) in [5.41, 5.74) is 3.21. The van der Waals surface area contributed by atoms with E-state index >= 15 is 0 Å². The minimum absolute atomic E-state index is 0.108. The van der Waals surface area contributed by atoms with Crippen LogP contribution in [0.15, 0.2) is 60.7 Å². The highest BCUT2D eigenvalue weighted by atomic mass is 35.5. The summed E-state index contributed by atoms with van der Waals surface area (Å²) >= 11 is 5.92. The quantitative estimate of drug-likeness (QED) is 0.166. The number of ether oxygens (including phenoxy) is 5. The Hall–Kier alpha value is -3.90. The fourth-order valence-corrected chi connectivity index (χ4v) is 3.88. The molecule has 0 aliphatic heterocycles. The minimum atomic E-state index is -0.108. The first-order valence-corrected chi connectivity index (χ1v) is 11.5. The molecule has 0 radical (unpaired) electrons. The van der Waals surface area contributed by atoms with Crippen molar-refractivity contribution in [3.05, 3.63) is 88.0 Å². The minimum Gasteiger partial charge on any atom is -0.493 e. The van der Waals surface area contributed by atoms with Gasteiger partial charge in [0.15, 0.2) is 28.8 Å². The van der Waals surface area contributed by atoms with Crippen LogP contribution >= 0.6 is 11.6 Å². The molecule has 0 aliphatic rings. The molecule has 3 aromatic carbocycles. The topological polar surface area (TPSA) is 63.2 Å². The van der Waals surface area contributed by atoms with Gasteiger partial charge in [0.2, 0.25) is 5.75 Å². The van der Waals surface area contributed by atoms with E-state index in [-0.39, 0.29) is 5.78 Å². The molecule has 0 amide bonds. The molecule has 3 rings (SSSR count). The van der Waals surface area contributed by atoms with Gasteiger partial charge in [-0.05, 0) is 66.1 Å². The summed E-state index contributed by atoms with van der Waals surface area (Å²) in [7, 11) is 7.91. The molecule has 0 saturated carbocycles. The van der Waals surface area contributed by atoms with Crippen molar-refractivity contribution >= 4 is 29.5 Å². The third-order valence-corrected chi connectivity index (χ3v) is 5.80. The Balaban J connectivity index is 1.95. The highest BCUT2D eigenvalue weighted by molar-refractivity contribution is 6.30. The van der Waals surface area contributed by atoms with Gasteiger partial charge in [-0.3, -0.25) is 4.79 Å². The number of benzene rings is 3. The largest absolute Gasteiger partial charge is 0.493 e. The summed E-state index contributed by atoms with van der Waals surface area (Å²) in [5, 5.41) is 0.583.